The molecule has 0 radical (unpaired) electrons. The molecule has 1 N–H and O–H groups in total. The van der Waals surface area contributed by atoms with Crippen molar-refractivity contribution < 1.29 is 4.39 Å². The van der Waals surface area contributed by atoms with Crippen molar-refractivity contribution in [1.29, 1.82) is 0 Å². The highest BCUT2D eigenvalue weighted by atomic mass is 79.9. The Hall–Kier alpha value is -1.20. The summed E-state index contributed by atoms with van der Waals surface area (Å²) in [7, 11) is 0. The van der Waals surface area contributed by atoms with Gasteiger partial charge in [0, 0.05) is 18.3 Å². The van der Waals surface area contributed by atoms with E-state index in [1.807, 2.05) is 6.07 Å². The molecule has 2 aromatic rings. The van der Waals surface area contributed by atoms with E-state index in [1.54, 1.807) is 23.1 Å². The lowest BCUT2D eigenvalue weighted by Crippen LogP contribution is -2.35. The summed E-state index contributed by atoms with van der Waals surface area (Å²) in [6.07, 6.45) is 3.40. The van der Waals surface area contributed by atoms with Gasteiger partial charge in [0.05, 0.1) is 10.7 Å². The average molecular weight is 326 g/mol. The molecule has 3 nitrogen and oxygen atoms in total. The third-order valence-electron chi connectivity index (χ3n) is 2.66. The second kappa shape index (κ2) is 5.43. The Bertz CT molecular complexity index is 572. The predicted molar refractivity (Wildman–Crippen MR) is 77.8 cm³/mol. The highest BCUT2D eigenvalue weighted by Crippen LogP contribution is 2.20. The maximum absolute atomic E-state index is 14.1. The fourth-order valence-electron chi connectivity index (χ4n) is 1.74. The first-order chi connectivity index (χ1) is 8.87. The van der Waals surface area contributed by atoms with Crippen LogP contribution in [0.5, 0.6) is 0 Å². The van der Waals surface area contributed by atoms with Crippen LogP contribution < -0.4 is 5.32 Å². The summed E-state index contributed by atoms with van der Waals surface area (Å²) >= 11 is 3.33. The van der Waals surface area contributed by atoms with E-state index < -0.39 is 0 Å². The van der Waals surface area contributed by atoms with Gasteiger partial charge in [-0.2, -0.15) is 5.10 Å². The molecular weight excluding hydrogens is 309 g/mol. The van der Waals surface area contributed by atoms with E-state index in [0.717, 1.165) is 10.0 Å². The van der Waals surface area contributed by atoms with Crippen LogP contribution in [0, 0.1) is 5.82 Å². The molecule has 1 aromatic heterocycles. The maximum Gasteiger partial charge on any atom is 0.149 e. The minimum Gasteiger partial charge on any atom is -0.308 e. The van der Waals surface area contributed by atoms with Gasteiger partial charge in [0.15, 0.2) is 0 Å². The first-order valence-corrected chi connectivity index (χ1v) is 6.89. The number of hydrogen-bond acceptors (Lipinski definition) is 2. The van der Waals surface area contributed by atoms with E-state index in [4.69, 9.17) is 0 Å². The number of nitrogens with zero attached hydrogens (tertiary/aromatic N) is 2. The van der Waals surface area contributed by atoms with Gasteiger partial charge in [-0.15, -0.1) is 0 Å². The van der Waals surface area contributed by atoms with Crippen molar-refractivity contribution in [3.63, 3.8) is 0 Å². The Balaban J connectivity index is 2.36. The van der Waals surface area contributed by atoms with Gasteiger partial charge in [-0.1, -0.05) is 12.1 Å². The summed E-state index contributed by atoms with van der Waals surface area (Å²) < 4.78 is 16.4. The van der Waals surface area contributed by atoms with Gasteiger partial charge in [-0.05, 0) is 48.3 Å². The lowest BCUT2D eigenvalue weighted by molar-refractivity contribution is 0.423. The Labute approximate surface area is 121 Å². The lowest BCUT2D eigenvalue weighted by Gasteiger charge is -2.21. The summed E-state index contributed by atoms with van der Waals surface area (Å²) in [6, 6.07) is 5.08. The number of aromatic nitrogens is 2. The Morgan fingerprint density at radius 3 is 2.68 bits per heavy atom. The SMILES string of the molecule is CC(C)(C)NCc1cccc(F)c1-n1cc(Br)cn1. The molecule has 0 fully saturated rings. The second-order valence-corrected chi connectivity index (χ2v) is 6.37. The van der Waals surface area contributed by atoms with E-state index in [2.05, 4.69) is 47.1 Å². The van der Waals surface area contributed by atoms with Crippen molar-refractivity contribution in [2.24, 2.45) is 0 Å². The third-order valence-corrected chi connectivity index (χ3v) is 3.07. The van der Waals surface area contributed by atoms with Gasteiger partial charge in [0.25, 0.3) is 0 Å². The molecule has 19 heavy (non-hydrogen) atoms. The van der Waals surface area contributed by atoms with Crippen molar-refractivity contribution in [2.75, 3.05) is 0 Å². The Morgan fingerprint density at radius 1 is 1.37 bits per heavy atom. The summed E-state index contributed by atoms with van der Waals surface area (Å²) in [6.45, 7) is 6.83. The largest absolute Gasteiger partial charge is 0.308 e. The Morgan fingerprint density at radius 2 is 2.11 bits per heavy atom. The number of nitrogens with one attached hydrogen (secondary N) is 1. The molecule has 0 aliphatic carbocycles. The fourth-order valence-corrected chi connectivity index (χ4v) is 2.03. The van der Waals surface area contributed by atoms with Crippen molar-refractivity contribution in [1.82, 2.24) is 15.1 Å². The predicted octanol–water partition coefficient (Wildman–Crippen LogP) is 3.66. The summed E-state index contributed by atoms with van der Waals surface area (Å²) in [5, 5.41) is 7.52. The number of halogens is 2. The average Bonchev–Trinajstić information content (AvgIpc) is 2.72. The molecule has 0 saturated carbocycles. The Kier molecular flexibility index (Phi) is 4.06. The van der Waals surface area contributed by atoms with Gasteiger partial charge >= 0.3 is 0 Å². The molecule has 0 saturated heterocycles. The third kappa shape index (κ3) is 3.64. The molecule has 0 bridgehead atoms. The van der Waals surface area contributed by atoms with Crippen LogP contribution in [0.2, 0.25) is 0 Å². The number of para-hydroxylation sites is 1. The first kappa shape index (κ1) is 14.2. The highest BCUT2D eigenvalue weighted by Gasteiger charge is 2.14. The van der Waals surface area contributed by atoms with Crippen LogP contribution in [0.1, 0.15) is 26.3 Å². The molecule has 102 valence electrons. The van der Waals surface area contributed by atoms with Crippen LogP contribution in [-0.4, -0.2) is 15.3 Å². The monoisotopic (exact) mass is 325 g/mol. The van der Waals surface area contributed by atoms with Crippen LogP contribution in [0.4, 0.5) is 4.39 Å². The van der Waals surface area contributed by atoms with Crippen molar-refractivity contribution in [3.05, 3.63) is 46.4 Å². The molecule has 2 rings (SSSR count). The van der Waals surface area contributed by atoms with Crippen LogP contribution in [-0.2, 0) is 6.54 Å². The van der Waals surface area contributed by atoms with E-state index in [-0.39, 0.29) is 11.4 Å². The van der Waals surface area contributed by atoms with Gasteiger partial charge in [0.2, 0.25) is 0 Å². The molecule has 0 aliphatic heterocycles. The fraction of sp³-hybridized carbons (Fsp3) is 0.357. The van der Waals surface area contributed by atoms with E-state index >= 15 is 0 Å². The molecule has 0 aliphatic rings. The molecule has 5 heteroatoms. The zero-order valence-corrected chi connectivity index (χ0v) is 12.8. The zero-order valence-electron chi connectivity index (χ0n) is 11.2. The molecule has 0 unspecified atom stereocenters. The minimum absolute atomic E-state index is 0.0196. The summed E-state index contributed by atoms with van der Waals surface area (Å²) in [5.74, 6) is -0.274. The van der Waals surface area contributed by atoms with Crippen LogP contribution in [0.25, 0.3) is 5.69 Å². The van der Waals surface area contributed by atoms with E-state index in [1.165, 1.54) is 6.07 Å². The molecule has 0 atom stereocenters. The molecule has 1 aromatic carbocycles. The standard InChI is InChI=1S/C14H17BrFN3/c1-14(2,3)17-7-10-5-4-6-12(16)13(10)19-9-11(15)8-18-19/h4-6,8-9,17H,7H2,1-3H3. The molecular formula is C14H17BrFN3. The van der Waals surface area contributed by atoms with E-state index in [9.17, 15) is 4.39 Å². The van der Waals surface area contributed by atoms with Crippen LogP contribution in [0.15, 0.2) is 35.1 Å². The quantitative estimate of drug-likeness (QED) is 0.933. The highest BCUT2D eigenvalue weighted by molar-refractivity contribution is 9.10. The first-order valence-electron chi connectivity index (χ1n) is 6.10. The van der Waals surface area contributed by atoms with Gasteiger partial charge in [-0.25, -0.2) is 9.07 Å². The van der Waals surface area contributed by atoms with Gasteiger partial charge in [-0.3, -0.25) is 0 Å². The molecule has 0 amide bonds. The number of hydrogen-bond donors (Lipinski definition) is 1. The summed E-state index contributed by atoms with van der Waals surface area (Å²) in [5.41, 5.74) is 1.35. The van der Waals surface area contributed by atoms with Gasteiger partial charge in [0.1, 0.15) is 11.5 Å². The molecule has 0 spiro atoms. The lowest BCUT2D eigenvalue weighted by atomic mass is 10.1. The zero-order chi connectivity index (χ0) is 14.0. The van der Waals surface area contributed by atoms with Gasteiger partial charge < -0.3 is 5.32 Å². The minimum atomic E-state index is -0.274. The van der Waals surface area contributed by atoms with Crippen molar-refractivity contribution >= 4 is 15.9 Å². The van der Waals surface area contributed by atoms with E-state index in [0.29, 0.717) is 12.2 Å². The number of rotatable bonds is 3. The smallest absolute Gasteiger partial charge is 0.149 e. The normalized spacial score (nSPS) is 11.8. The number of benzene rings is 1. The van der Waals surface area contributed by atoms with Crippen molar-refractivity contribution in [3.8, 4) is 5.69 Å². The summed E-state index contributed by atoms with van der Waals surface area (Å²) in [4.78, 5) is 0. The van der Waals surface area contributed by atoms with Crippen LogP contribution >= 0.6 is 15.9 Å². The second-order valence-electron chi connectivity index (χ2n) is 5.45. The molecule has 1 heterocycles. The maximum atomic E-state index is 14.1. The van der Waals surface area contributed by atoms with Crippen LogP contribution in [0.3, 0.4) is 0 Å². The topological polar surface area (TPSA) is 29.9 Å². The van der Waals surface area contributed by atoms with Crippen molar-refractivity contribution in [2.45, 2.75) is 32.9 Å².